The first kappa shape index (κ1) is 26.1. The smallest absolute Gasteiger partial charge is 0.410 e. The zero-order valence-corrected chi connectivity index (χ0v) is 21.4. The van der Waals surface area contributed by atoms with Crippen LogP contribution in [0, 0.1) is 5.82 Å². The van der Waals surface area contributed by atoms with Crippen molar-refractivity contribution in [3.8, 4) is 5.75 Å². The zero-order valence-electron chi connectivity index (χ0n) is 21.4. The van der Waals surface area contributed by atoms with Crippen LogP contribution in [0.2, 0.25) is 0 Å². The molecule has 1 aromatic carbocycles. The van der Waals surface area contributed by atoms with Gasteiger partial charge < -0.3 is 24.0 Å². The third kappa shape index (κ3) is 7.24. The minimum absolute atomic E-state index is 0.128. The fourth-order valence-corrected chi connectivity index (χ4v) is 4.19. The molecule has 7 nitrogen and oxygen atoms in total. The van der Waals surface area contributed by atoms with E-state index in [9.17, 15) is 9.59 Å². The van der Waals surface area contributed by atoms with Gasteiger partial charge in [-0.3, -0.25) is 0 Å². The minimum atomic E-state index is -0.677. The van der Waals surface area contributed by atoms with Crippen molar-refractivity contribution in [2.45, 2.75) is 91.0 Å². The molecule has 8 heteroatoms. The van der Waals surface area contributed by atoms with Gasteiger partial charge in [-0.1, -0.05) is 0 Å². The number of nitrogens with zero attached hydrogens (tertiary/aromatic N) is 2. The molecule has 2 aliphatic rings. The number of hydrogen-bond acceptors (Lipinski definition) is 6. The van der Waals surface area contributed by atoms with Crippen molar-refractivity contribution in [2.75, 3.05) is 31.1 Å². The highest BCUT2D eigenvalue weighted by Crippen LogP contribution is 2.34. The Balaban J connectivity index is 1.75. The first-order valence-corrected chi connectivity index (χ1v) is 12.3. The predicted molar refractivity (Wildman–Crippen MR) is 129 cm³/mol. The molecule has 2 aliphatic heterocycles. The average molecular weight is 479 g/mol. The van der Waals surface area contributed by atoms with Gasteiger partial charge in [0.05, 0.1) is 11.3 Å². The summed E-state index contributed by atoms with van der Waals surface area (Å²) in [5.74, 6) is -0.996. The van der Waals surface area contributed by atoms with Crippen LogP contribution in [0.25, 0.3) is 0 Å². The SMILES string of the molecule is CC(C)(C)OC(=O)c1cc(F)c(OC2CCN(C(=O)OC(C)(C)C)CC2)cc1N1CCCCC1. The predicted octanol–water partition coefficient (Wildman–Crippen LogP) is 5.55. The van der Waals surface area contributed by atoms with Crippen LogP contribution < -0.4 is 9.64 Å². The molecule has 0 radical (unpaired) electrons. The number of hydrogen-bond donors (Lipinski definition) is 0. The van der Waals surface area contributed by atoms with Gasteiger partial charge in [0.2, 0.25) is 0 Å². The van der Waals surface area contributed by atoms with E-state index in [4.69, 9.17) is 14.2 Å². The lowest BCUT2D eigenvalue weighted by Gasteiger charge is -2.34. The van der Waals surface area contributed by atoms with Crippen molar-refractivity contribution >= 4 is 17.7 Å². The fourth-order valence-electron chi connectivity index (χ4n) is 4.19. The van der Waals surface area contributed by atoms with E-state index in [-0.39, 0.29) is 23.5 Å². The topological polar surface area (TPSA) is 68.3 Å². The number of anilines is 1. The third-order valence-electron chi connectivity index (χ3n) is 5.75. The summed E-state index contributed by atoms with van der Waals surface area (Å²) in [6, 6.07) is 2.88. The van der Waals surface area contributed by atoms with Gasteiger partial charge in [-0.2, -0.15) is 0 Å². The molecule has 0 aliphatic carbocycles. The summed E-state index contributed by atoms with van der Waals surface area (Å²) in [6.45, 7) is 13.5. The van der Waals surface area contributed by atoms with Gasteiger partial charge in [0, 0.05) is 45.1 Å². The number of benzene rings is 1. The Morgan fingerprint density at radius 2 is 1.47 bits per heavy atom. The van der Waals surface area contributed by atoms with Crippen molar-refractivity contribution in [1.82, 2.24) is 4.90 Å². The molecule has 2 heterocycles. The molecular weight excluding hydrogens is 439 g/mol. The summed E-state index contributed by atoms with van der Waals surface area (Å²) >= 11 is 0. The molecule has 2 saturated heterocycles. The Hall–Kier alpha value is -2.51. The van der Waals surface area contributed by atoms with Crippen LogP contribution in [0.1, 0.15) is 84.0 Å². The summed E-state index contributed by atoms with van der Waals surface area (Å²) in [5, 5.41) is 0. The molecule has 0 unspecified atom stereocenters. The number of amides is 1. The first-order valence-electron chi connectivity index (χ1n) is 12.3. The zero-order chi connectivity index (χ0) is 25.1. The largest absolute Gasteiger partial charge is 0.487 e. The third-order valence-corrected chi connectivity index (χ3v) is 5.75. The monoisotopic (exact) mass is 478 g/mol. The van der Waals surface area contributed by atoms with E-state index in [1.807, 2.05) is 20.8 Å². The van der Waals surface area contributed by atoms with Gasteiger partial charge in [0.1, 0.15) is 17.3 Å². The van der Waals surface area contributed by atoms with Crippen LogP contribution in [-0.2, 0) is 9.47 Å². The molecule has 3 rings (SSSR count). The fraction of sp³-hybridized carbons (Fsp3) is 0.692. The molecule has 0 saturated carbocycles. The Morgan fingerprint density at radius 1 is 0.882 bits per heavy atom. The molecule has 0 N–H and O–H groups in total. The molecule has 34 heavy (non-hydrogen) atoms. The van der Waals surface area contributed by atoms with Crippen LogP contribution in [0.4, 0.5) is 14.9 Å². The first-order chi connectivity index (χ1) is 15.8. The number of carbonyl (C=O) groups is 2. The highest BCUT2D eigenvalue weighted by Gasteiger charge is 2.30. The molecule has 1 amide bonds. The van der Waals surface area contributed by atoms with Crippen LogP contribution in [0.5, 0.6) is 5.75 Å². The lowest BCUT2D eigenvalue weighted by atomic mass is 10.1. The van der Waals surface area contributed by atoms with Crippen LogP contribution in [0.15, 0.2) is 12.1 Å². The molecular formula is C26H39FN2O5. The minimum Gasteiger partial charge on any atom is -0.487 e. The van der Waals surface area contributed by atoms with Crippen molar-refractivity contribution < 1.29 is 28.2 Å². The highest BCUT2D eigenvalue weighted by molar-refractivity contribution is 5.96. The number of ether oxygens (including phenoxy) is 3. The standard InChI is InChI=1S/C26H39FN2O5/c1-25(2,3)33-23(30)19-16-20(27)22(17-21(19)28-12-8-7-9-13-28)32-18-10-14-29(15-11-18)24(31)34-26(4,5)6/h16-18H,7-15H2,1-6H3. The van der Waals surface area contributed by atoms with Gasteiger partial charge in [0.25, 0.3) is 0 Å². The number of rotatable bonds is 4. The van der Waals surface area contributed by atoms with Gasteiger partial charge in [-0.05, 0) is 66.9 Å². The molecule has 0 atom stereocenters. The second-order valence-electron chi connectivity index (χ2n) is 11.1. The molecule has 0 bridgehead atoms. The summed E-state index contributed by atoms with van der Waals surface area (Å²) in [4.78, 5) is 28.9. The van der Waals surface area contributed by atoms with Crippen molar-refractivity contribution in [1.29, 1.82) is 0 Å². The normalized spacial score (nSPS) is 18.0. The van der Waals surface area contributed by atoms with Crippen molar-refractivity contribution in [2.24, 2.45) is 0 Å². The molecule has 1 aromatic rings. The Morgan fingerprint density at radius 3 is 2.03 bits per heavy atom. The summed E-state index contributed by atoms with van der Waals surface area (Å²) in [7, 11) is 0. The second-order valence-corrected chi connectivity index (χ2v) is 11.1. The van der Waals surface area contributed by atoms with Crippen LogP contribution in [-0.4, -0.2) is 60.4 Å². The highest BCUT2D eigenvalue weighted by atomic mass is 19.1. The van der Waals surface area contributed by atoms with E-state index in [0.717, 1.165) is 32.4 Å². The summed E-state index contributed by atoms with van der Waals surface area (Å²) in [5.41, 5.74) is -0.351. The van der Waals surface area contributed by atoms with Crippen LogP contribution in [0.3, 0.4) is 0 Å². The second kappa shape index (κ2) is 10.4. The number of piperidine rings is 2. The average Bonchev–Trinajstić information content (AvgIpc) is 2.73. The van der Waals surface area contributed by atoms with Gasteiger partial charge in [0.15, 0.2) is 11.6 Å². The maximum absolute atomic E-state index is 15.1. The van der Waals surface area contributed by atoms with Gasteiger partial charge in [-0.25, -0.2) is 14.0 Å². The Kier molecular flexibility index (Phi) is 7.98. The molecule has 0 spiro atoms. The molecule has 2 fully saturated rings. The van der Waals surface area contributed by atoms with Gasteiger partial charge >= 0.3 is 12.1 Å². The maximum atomic E-state index is 15.1. The van der Waals surface area contributed by atoms with Crippen LogP contribution >= 0.6 is 0 Å². The number of carbonyl (C=O) groups excluding carboxylic acids is 2. The summed E-state index contributed by atoms with van der Waals surface area (Å²) in [6.07, 6.45) is 3.76. The van der Waals surface area contributed by atoms with E-state index in [1.54, 1.807) is 31.7 Å². The number of halogens is 1. The van der Waals surface area contributed by atoms with Crippen molar-refractivity contribution in [3.05, 3.63) is 23.5 Å². The van der Waals surface area contributed by atoms with Crippen molar-refractivity contribution in [3.63, 3.8) is 0 Å². The van der Waals surface area contributed by atoms with E-state index in [0.29, 0.717) is 31.6 Å². The van der Waals surface area contributed by atoms with E-state index >= 15 is 4.39 Å². The molecule has 190 valence electrons. The lowest BCUT2D eigenvalue weighted by Crippen LogP contribution is -2.44. The van der Waals surface area contributed by atoms with E-state index < -0.39 is 23.0 Å². The quantitative estimate of drug-likeness (QED) is 0.529. The maximum Gasteiger partial charge on any atom is 0.410 e. The Labute approximate surface area is 202 Å². The van der Waals surface area contributed by atoms with E-state index in [2.05, 4.69) is 4.90 Å². The Bertz CT molecular complexity index is 876. The number of esters is 1. The molecule has 0 aromatic heterocycles. The number of likely N-dealkylation sites (tertiary alicyclic amines) is 1. The van der Waals surface area contributed by atoms with E-state index in [1.165, 1.54) is 6.07 Å². The lowest BCUT2D eigenvalue weighted by molar-refractivity contribution is 0.00686. The van der Waals surface area contributed by atoms with Gasteiger partial charge in [-0.15, -0.1) is 0 Å². The summed E-state index contributed by atoms with van der Waals surface area (Å²) < 4.78 is 32.1.